The van der Waals surface area contributed by atoms with E-state index >= 15 is 0 Å². The van der Waals surface area contributed by atoms with Crippen molar-refractivity contribution in [1.82, 2.24) is 0 Å². The Morgan fingerprint density at radius 3 is 2.56 bits per heavy atom. The molecule has 6 aromatic rings. The van der Waals surface area contributed by atoms with Gasteiger partial charge in [0, 0.05) is 32.3 Å². The molecule has 0 saturated carbocycles. The van der Waals surface area contributed by atoms with Crippen molar-refractivity contribution in [3.63, 3.8) is 0 Å². The molecule has 0 radical (unpaired) electrons. The number of esters is 1. The van der Waals surface area contributed by atoms with Gasteiger partial charge in [-0.3, -0.25) is 0 Å². The fraction of sp³-hybridized carbons (Fsp3) is 0.0714. The highest BCUT2D eigenvalue weighted by molar-refractivity contribution is 9.10. The molecule has 7 nitrogen and oxygen atoms in total. The van der Waals surface area contributed by atoms with E-state index in [0.29, 0.717) is 50.5 Å². The van der Waals surface area contributed by atoms with Crippen molar-refractivity contribution in [2.75, 3.05) is 7.11 Å². The van der Waals surface area contributed by atoms with E-state index in [0.717, 1.165) is 15.2 Å². The summed E-state index contributed by atoms with van der Waals surface area (Å²) in [4.78, 5) is 25.3. The largest absolute Gasteiger partial charge is 0.493 e. The highest BCUT2D eigenvalue weighted by Crippen LogP contribution is 2.37. The van der Waals surface area contributed by atoms with Gasteiger partial charge in [-0.15, -0.1) is 0 Å². The Bertz CT molecular complexity index is 1870. The number of hydrogen-bond acceptors (Lipinski definition) is 7. The van der Waals surface area contributed by atoms with Gasteiger partial charge >= 0.3 is 11.6 Å². The van der Waals surface area contributed by atoms with Crippen LogP contribution in [0.5, 0.6) is 11.5 Å². The number of benzene rings is 3. The Balaban J connectivity index is 1.45. The number of aryl methyl sites for hydroxylation is 1. The molecule has 0 spiro atoms. The van der Waals surface area contributed by atoms with Gasteiger partial charge < -0.3 is 22.7 Å². The summed E-state index contributed by atoms with van der Waals surface area (Å²) in [5, 5.41) is 2.14. The lowest BCUT2D eigenvalue weighted by atomic mass is 10.0. The van der Waals surface area contributed by atoms with E-state index in [9.17, 15) is 9.59 Å². The van der Waals surface area contributed by atoms with Crippen LogP contribution in [-0.4, -0.2) is 13.1 Å². The van der Waals surface area contributed by atoms with Gasteiger partial charge in [-0.25, -0.2) is 9.59 Å². The van der Waals surface area contributed by atoms with Crippen LogP contribution in [0.2, 0.25) is 0 Å². The molecule has 0 amide bonds. The molecular formula is C28H17BrO7. The van der Waals surface area contributed by atoms with Crippen molar-refractivity contribution in [1.29, 1.82) is 0 Å². The van der Waals surface area contributed by atoms with E-state index in [-0.39, 0.29) is 5.76 Å². The molecule has 8 heteroatoms. The molecule has 0 fully saturated rings. The minimum absolute atomic E-state index is 0.0757. The van der Waals surface area contributed by atoms with Gasteiger partial charge in [-0.1, -0.05) is 28.1 Å². The maximum absolute atomic E-state index is 12.9. The lowest BCUT2D eigenvalue weighted by Crippen LogP contribution is -2.08. The molecule has 0 aliphatic heterocycles. The summed E-state index contributed by atoms with van der Waals surface area (Å²) in [5.41, 5.74) is 2.07. The summed E-state index contributed by atoms with van der Waals surface area (Å²) in [6.07, 6.45) is 0. The molecule has 3 heterocycles. The summed E-state index contributed by atoms with van der Waals surface area (Å²) >= 11 is 3.41. The standard InChI is InChI=1S/C28H17BrO7/c1-14-8-23-18(12-22(14)36-28(31)25-11-16-9-17(29)6-7-20(16)33-25)19(13-26(30)34-23)24-10-15-4-3-5-21(32-2)27(15)35-24/h3-13H,1-2H3. The fourth-order valence-electron chi connectivity index (χ4n) is 4.20. The number of hydrogen-bond donors (Lipinski definition) is 0. The fourth-order valence-corrected chi connectivity index (χ4v) is 4.58. The number of halogens is 1. The van der Waals surface area contributed by atoms with Crippen molar-refractivity contribution in [2.24, 2.45) is 0 Å². The average Bonchev–Trinajstić information content (AvgIpc) is 3.48. The van der Waals surface area contributed by atoms with E-state index in [4.69, 9.17) is 22.7 Å². The molecule has 0 unspecified atom stereocenters. The molecule has 0 N–H and O–H groups in total. The van der Waals surface area contributed by atoms with Gasteiger partial charge in [0.05, 0.1) is 7.11 Å². The number of para-hydroxylation sites is 1. The second-order valence-electron chi connectivity index (χ2n) is 8.26. The minimum Gasteiger partial charge on any atom is -0.493 e. The summed E-state index contributed by atoms with van der Waals surface area (Å²) < 4.78 is 29.1. The predicted molar refractivity (Wildman–Crippen MR) is 138 cm³/mol. The first kappa shape index (κ1) is 22.2. The van der Waals surface area contributed by atoms with E-state index in [1.807, 2.05) is 30.3 Å². The highest BCUT2D eigenvalue weighted by Gasteiger charge is 2.20. The van der Waals surface area contributed by atoms with Crippen LogP contribution in [0.4, 0.5) is 0 Å². The lowest BCUT2D eigenvalue weighted by molar-refractivity contribution is 0.0703. The molecule has 3 aromatic heterocycles. The SMILES string of the molecule is COc1cccc2cc(-c3cc(=O)oc4cc(C)c(OC(=O)c5cc6cc(Br)ccc6o5)cc34)oc12. The van der Waals surface area contributed by atoms with Crippen LogP contribution in [0, 0.1) is 6.92 Å². The first-order chi connectivity index (χ1) is 17.4. The quantitative estimate of drug-likeness (QED) is 0.131. The zero-order valence-electron chi connectivity index (χ0n) is 19.1. The molecule has 3 aromatic carbocycles. The molecule has 36 heavy (non-hydrogen) atoms. The first-order valence-electron chi connectivity index (χ1n) is 11.0. The number of furan rings is 2. The first-order valence-corrected chi connectivity index (χ1v) is 11.8. The van der Waals surface area contributed by atoms with Crippen LogP contribution in [0.25, 0.3) is 44.2 Å². The Morgan fingerprint density at radius 2 is 1.72 bits per heavy atom. The van der Waals surface area contributed by atoms with Crippen LogP contribution in [0.15, 0.2) is 89.2 Å². The second-order valence-corrected chi connectivity index (χ2v) is 9.18. The van der Waals surface area contributed by atoms with Gasteiger partial charge in [0.2, 0.25) is 5.76 Å². The predicted octanol–water partition coefficient (Wildman–Crippen LogP) is 7.25. The van der Waals surface area contributed by atoms with Gasteiger partial charge in [-0.05, 0) is 61.0 Å². The van der Waals surface area contributed by atoms with Crippen molar-refractivity contribution in [3.8, 4) is 22.8 Å². The van der Waals surface area contributed by atoms with E-state index < -0.39 is 11.6 Å². The smallest absolute Gasteiger partial charge is 0.379 e. The third-order valence-corrected chi connectivity index (χ3v) is 6.41. The van der Waals surface area contributed by atoms with Gasteiger partial charge in [-0.2, -0.15) is 0 Å². The Labute approximate surface area is 211 Å². The zero-order chi connectivity index (χ0) is 25.0. The normalized spacial score (nSPS) is 11.4. The second kappa shape index (κ2) is 8.42. The van der Waals surface area contributed by atoms with Crippen molar-refractivity contribution < 1.29 is 27.5 Å². The molecule has 0 atom stereocenters. The number of ether oxygens (including phenoxy) is 2. The number of fused-ring (bicyclic) bond motifs is 3. The summed E-state index contributed by atoms with van der Waals surface area (Å²) in [6, 6.07) is 19.1. The Morgan fingerprint density at radius 1 is 0.861 bits per heavy atom. The number of rotatable bonds is 4. The molecule has 0 bridgehead atoms. The topological polar surface area (TPSA) is 92.0 Å². The third kappa shape index (κ3) is 3.76. The lowest BCUT2D eigenvalue weighted by Gasteiger charge is -2.09. The molecule has 0 aliphatic carbocycles. The van der Waals surface area contributed by atoms with Gasteiger partial charge in [0.1, 0.15) is 22.7 Å². The van der Waals surface area contributed by atoms with Crippen molar-refractivity contribution in [3.05, 3.63) is 92.9 Å². The van der Waals surface area contributed by atoms with Crippen LogP contribution in [0.3, 0.4) is 0 Å². The van der Waals surface area contributed by atoms with Crippen LogP contribution < -0.4 is 15.1 Å². The summed E-state index contributed by atoms with van der Waals surface area (Å²) in [5.74, 6) is 0.771. The monoisotopic (exact) mass is 544 g/mol. The van der Waals surface area contributed by atoms with Crippen molar-refractivity contribution in [2.45, 2.75) is 6.92 Å². The molecule has 6 rings (SSSR count). The Hall–Kier alpha value is -4.30. The van der Waals surface area contributed by atoms with E-state index in [1.54, 1.807) is 44.4 Å². The van der Waals surface area contributed by atoms with Crippen molar-refractivity contribution >= 4 is 54.8 Å². The average molecular weight is 545 g/mol. The Kier molecular flexibility index (Phi) is 5.19. The summed E-state index contributed by atoms with van der Waals surface area (Å²) in [6.45, 7) is 1.76. The van der Waals surface area contributed by atoms with Crippen LogP contribution >= 0.6 is 15.9 Å². The summed E-state index contributed by atoms with van der Waals surface area (Å²) in [7, 11) is 1.56. The third-order valence-electron chi connectivity index (χ3n) is 5.92. The number of methoxy groups -OCH3 is 1. The molecular weight excluding hydrogens is 528 g/mol. The minimum atomic E-state index is -0.642. The van der Waals surface area contributed by atoms with E-state index in [2.05, 4.69) is 15.9 Å². The highest BCUT2D eigenvalue weighted by atomic mass is 79.9. The number of carbonyl (C=O) groups excluding carboxylic acids is 1. The molecule has 178 valence electrons. The van der Waals surface area contributed by atoms with Crippen LogP contribution in [0.1, 0.15) is 16.1 Å². The van der Waals surface area contributed by atoms with Gasteiger partial charge in [0.25, 0.3) is 0 Å². The molecule has 0 aliphatic rings. The zero-order valence-corrected chi connectivity index (χ0v) is 20.7. The number of carbonyl (C=O) groups is 1. The maximum atomic E-state index is 12.9. The van der Waals surface area contributed by atoms with Crippen LogP contribution in [-0.2, 0) is 0 Å². The molecule has 0 saturated heterocycles. The maximum Gasteiger partial charge on any atom is 0.379 e. The van der Waals surface area contributed by atoms with Gasteiger partial charge in [0.15, 0.2) is 11.3 Å². The van der Waals surface area contributed by atoms with E-state index in [1.165, 1.54) is 6.07 Å².